The number of ether oxygens (including phenoxy) is 4. The SMILES string of the molecule is C=C[C@H]1O[C@@H]1C[C@@H]1O[C@H](c2ccc(OC)cc2)OC[C@H]1O. The molecule has 2 aliphatic heterocycles. The van der Waals surface area contributed by atoms with Crippen molar-refractivity contribution < 1.29 is 24.1 Å². The van der Waals surface area contributed by atoms with E-state index >= 15 is 0 Å². The van der Waals surface area contributed by atoms with Crippen LogP contribution in [0.3, 0.4) is 0 Å². The molecule has 5 atom stereocenters. The minimum absolute atomic E-state index is 0.0862. The summed E-state index contributed by atoms with van der Waals surface area (Å²) in [5.41, 5.74) is 0.907. The lowest BCUT2D eigenvalue weighted by molar-refractivity contribution is -0.258. The topological polar surface area (TPSA) is 60.5 Å². The minimum Gasteiger partial charge on any atom is -0.497 e. The van der Waals surface area contributed by atoms with E-state index in [0.717, 1.165) is 11.3 Å². The molecule has 0 radical (unpaired) electrons. The summed E-state index contributed by atoms with van der Waals surface area (Å²) in [6, 6.07) is 7.52. The fourth-order valence-corrected chi connectivity index (χ4v) is 2.51. The average molecular weight is 292 g/mol. The summed E-state index contributed by atoms with van der Waals surface area (Å²) in [5, 5.41) is 10.0. The lowest BCUT2D eigenvalue weighted by Gasteiger charge is -2.34. The van der Waals surface area contributed by atoms with Crippen LogP contribution in [0.4, 0.5) is 0 Å². The van der Waals surface area contributed by atoms with Crippen LogP contribution in [-0.2, 0) is 14.2 Å². The summed E-state index contributed by atoms with van der Waals surface area (Å²) < 4.78 is 22.0. The van der Waals surface area contributed by atoms with Gasteiger partial charge in [-0.15, -0.1) is 6.58 Å². The van der Waals surface area contributed by atoms with E-state index in [1.807, 2.05) is 24.3 Å². The smallest absolute Gasteiger partial charge is 0.184 e. The van der Waals surface area contributed by atoms with E-state index in [1.54, 1.807) is 13.2 Å². The quantitative estimate of drug-likeness (QED) is 0.662. The average Bonchev–Trinajstić information content (AvgIpc) is 3.28. The summed E-state index contributed by atoms with van der Waals surface area (Å²) >= 11 is 0. The van der Waals surface area contributed by atoms with Gasteiger partial charge in [-0.1, -0.05) is 18.2 Å². The van der Waals surface area contributed by atoms with Gasteiger partial charge in [0.15, 0.2) is 6.29 Å². The maximum absolute atomic E-state index is 10.0. The predicted molar refractivity (Wildman–Crippen MR) is 76.0 cm³/mol. The molecule has 2 fully saturated rings. The number of rotatable bonds is 5. The maximum Gasteiger partial charge on any atom is 0.184 e. The van der Waals surface area contributed by atoms with Crippen molar-refractivity contribution in [3.63, 3.8) is 0 Å². The van der Waals surface area contributed by atoms with Crippen LogP contribution < -0.4 is 4.74 Å². The molecule has 0 unspecified atom stereocenters. The first-order valence-electron chi connectivity index (χ1n) is 7.08. The summed E-state index contributed by atoms with van der Waals surface area (Å²) in [4.78, 5) is 0. The van der Waals surface area contributed by atoms with E-state index in [9.17, 15) is 5.11 Å². The van der Waals surface area contributed by atoms with Gasteiger partial charge in [-0.25, -0.2) is 0 Å². The molecule has 0 bridgehead atoms. The number of epoxide rings is 1. The fourth-order valence-electron chi connectivity index (χ4n) is 2.51. The molecule has 114 valence electrons. The van der Waals surface area contributed by atoms with Crippen LogP contribution in [0.15, 0.2) is 36.9 Å². The van der Waals surface area contributed by atoms with Gasteiger partial charge < -0.3 is 24.1 Å². The van der Waals surface area contributed by atoms with E-state index in [-0.39, 0.29) is 24.9 Å². The van der Waals surface area contributed by atoms with Crippen molar-refractivity contribution in [3.05, 3.63) is 42.5 Å². The molecule has 1 aromatic carbocycles. The summed E-state index contributed by atoms with van der Waals surface area (Å²) in [7, 11) is 1.63. The first-order chi connectivity index (χ1) is 10.2. The number of hydrogen-bond acceptors (Lipinski definition) is 5. The van der Waals surface area contributed by atoms with Gasteiger partial charge in [-0.3, -0.25) is 0 Å². The molecule has 2 aliphatic rings. The van der Waals surface area contributed by atoms with Crippen molar-refractivity contribution in [2.24, 2.45) is 0 Å². The highest BCUT2D eigenvalue weighted by molar-refractivity contribution is 5.28. The summed E-state index contributed by atoms with van der Waals surface area (Å²) in [5.74, 6) is 0.784. The Morgan fingerprint density at radius 1 is 1.29 bits per heavy atom. The zero-order valence-electron chi connectivity index (χ0n) is 12.0. The van der Waals surface area contributed by atoms with Crippen LogP contribution >= 0.6 is 0 Å². The zero-order chi connectivity index (χ0) is 14.8. The molecule has 3 rings (SSSR count). The van der Waals surface area contributed by atoms with E-state index in [2.05, 4.69) is 6.58 Å². The van der Waals surface area contributed by atoms with Crippen molar-refractivity contribution >= 4 is 0 Å². The molecule has 1 aromatic rings. The normalized spacial score (nSPS) is 35.2. The standard InChI is InChI=1S/C16H20O5/c1-3-13-15(20-13)8-14-12(17)9-19-16(21-14)10-4-6-11(18-2)7-5-10/h3-7,12-17H,1,8-9H2,2H3/t12-,13-,14+,15-,16-/m1/s1. The molecule has 0 saturated carbocycles. The molecule has 0 spiro atoms. The number of methoxy groups -OCH3 is 1. The number of hydrogen-bond donors (Lipinski definition) is 1. The third-order valence-corrected chi connectivity index (χ3v) is 3.85. The summed E-state index contributed by atoms with van der Waals surface area (Å²) in [6.07, 6.45) is 1.21. The zero-order valence-corrected chi connectivity index (χ0v) is 12.0. The molecule has 0 aromatic heterocycles. The Balaban J connectivity index is 1.62. The van der Waals surface area contributed by atoms with Gasteiger partial charge in [0.2, 0.25) is 0 Å². The molecule has 21 heavy (non-hydrogen) atoms. The Labute approximate surface area is 124 Å². The molecule has 2 heterocycles. The Kier molecular flexibility index (Phi) is 4.26. The van der Waals surface area contributed by atoms with Crippen LogP contribution in [0.25, 0.3) is 0 Å². The van der Waals surface area contributed by atoms with Crippen LogP contribution in [0, 0.1) is 0 Å². The maximum atomic E-state index is 10.0. The molecule has 1 N–H and O–H groups in total. The number of aliphatic hydroxyl groups excluding tert-OH is 1. The van der Waals surface area contributed by atoms with E-state index in [4.69, 9.17) is 18.9 Å². The first-order valence-corrected chi connectivity index (χ1v) is 7.08. The first kappa shape index (κ1) is 14.5. The number of benzene rings is 1. The van der Waals surface area contributed by atoms with Crippen molar-refractivity contribution in [1.29, 1.82) is 0 Å². The van der Waals surface area contributed by atoms with Crippen molar-refractivity contribution in [1.82, 2.24) is 0 Å². The highest BCUT2D eigenvalue weighted by atomic mass is 16.7. The fraction of sp³-hybridized carbons (Fsp3) is 0.500. The third kappa shape index (κ3) is 3.27. The molecule has 5 heteroatoms. The molecular weight excluding hydrogens is 272 g/mol. The highest BCUT2D eigenvalue weighted by Crippen LogP contribution is 2.34. The second kappa shape index (κ2) is 6.15. The van der Waals surface area contributed by atoms with Gasteiger partial charge in [-0.2, -0.15) is 0 Å². The van der Waals surface area contributed by atoms with Gasteiger partial charge in [0.05, 0.1) is 25.9 Å². The second-order valence-electron chi connectivity index (χ2n) is 5.29. The molecule has 0 amide bonds. The van der Waals surface area contributed by atoms with Crippen LogP contribution in [-0.4, -0.2) is 43.2 Å². The van der Waals surface area contributed by atoms with Crippen molar-refractivity contribution in [2.75, 3.05) is 13.7 Å². The van der Waals surface area contributed by atoms with Gasteiger partial charge in [0.25, 0.3) is 0 Å². The Morgan fingerprint density at radius 3 is 2.67 bits per heavy atom. The lowest BCUT2D eigenvalue weighted by Crippen LogP contribution is -2.41. The van der Waals surface area contributed by atoms with E-state index in [0.29, 0.717) is 6.42 Å². The Hall–Kier alpha value is -1.40. The molecule has 2 saturated heterocycles. The van der Waals surface area contributed by atoms with Crippen LogP contribution in [0.2, 0.25) is 0 Å². The summed E-state index contributed by atoms with van der Waals surface area (Å²) in [6.45, 7) is 3.96. The van der Waals surface area contributed by atoms with E-state index in [1.165, 1.54) is 0 Å². The third-order valence-electron chi connectivity index (χ3n) is 3.85. The molecule has 5 nitrogen and oxygen atoms in total. The van der Waals surface area contributed by atoms with Gasteiger partial charge in [0, 0.05) is 12.0 Å². The second-order valence-corrected chi connectivity index (χ2v) is 5.29. The Morgan fingerprint density at radius 2 is 2.05 bits per heavy atom. The molecule has 0 aliphatic carbocycles. The molecular formula is C16H20O5. The van der Waals surface area contributed by atoms with Crippen molar-refractivity contribution in [2.45, 2.75) is 37.1 Å². The lowest BCUT2D eigenvalue weighted by atomic mass is 10.1. The predicted octanol–water partition coefficient (Wildman–Crippen LogP) is 1.81. The van der Waals surface area contributed by atoms with Gasteiger partial charge in [0.1, 0.15) is 18.0 Å². The van der Waals surface area contributed by atoms with Gasteiger partial charge >= 0.3 is 0 Å². The van der Waals surface area contributed by atoms with E-state index < -0.39 is 12.4 Å². The van der Waals surface area contributed by atoms with Crippen LogP contribution in [0.5, 0.6) is 5.75 Å². The van der Waals surface area contributed by atoms with Crippen LogP contribution in [0.1, 0.15) is 18.3 Å². The monoisotopic (exact) mass is 292 g/mol. The Bertz CT molecular complexity index is 486. The highest BCUT2D eigenvalue weighted by Gasteiger charge is 2.42. The van der Waals surface area contributed by atoms with Crippen molar-refractivity contribution in [3.8, 4) is 5.75 Å². The largest absolute Gasteiger partial charge is 0.497 e. The number of aliphatic hydroxyl groups is 1. The van der Waals surface area contributed by atoms with Gasteiger partial charge in [-0.05, 0) is 12.1 Å². The minimum atomic E-state index is -0.630.